The Balaban J connectivity index is 1.89. The third-order valence-corrected chi connectivity index (χ3v) is 4.08. The van der Waals surface area contributed by atoms with Gasteiger partial charge in [0.05, 0.1) is 0 Å². The van der Waals surface area contributed by atoms with Gasteiger partial charge in [-0.2, -0.15) is 0 Å². The van der Waals surface area contributed by atoms with Crippen LogP contribution in [0.4, 0.5) is 4.39 Å². The van der Waals surface area contributed by atoms with Crippen LogP contribution in [0.5, 0.6) is 0 Å². The van der Waals surface area contributed by atoms with Gasteiger partial charge in [0.25, 0.3) is 0 Å². The average Bonchev–Trinajstić information content (AvgIpc) is 2.53. The minimum absolute atomic E-state index is 0.0815. The summed E-state index contributed by atoms with van der Waals surface area (Å²) in [6.45, 7) is 6.14. The fourth-order valence-corrected chi connectivity index (χ4v) is 2.26. The number of rotatable bonds is 6. The van der Waals surface area contributed by atoms with Gasteiger partial charge in [0.15, 0.2) is 0 Å². The molecule has 1 N–H and O–H groups in total. The van der Waals surface area contributed by atoms with E-state index >= 15 is 0 Å². The van der Waals surface area contributed by atoms with E-state index in [0.717, 1.165) is 22.8 Å². The second kappa shape index (κ2) is 8.44. The van der Waals surface area contributed by atoms with Crippen molar-refractivity contribution in [2.45, 2.75) is 33.2 Å². The molecule has 2 rings (SSSR count). The summed E-state index contributed by atoms with van der Waals surface area (Å²) in [5.74, 6) is 0.109. The Bertz CT molecular complexity index is 762. The molecular weight excluding hydrogens is 301 g/mol. The molecule has 24 heavy (non-hydrogen) atoms. The lowest BCUT2D eigenvalue weighted by Gasteiger charge is -2.15. The molecule has 0 radical (unpaired) electrons. The first-order chi connectivity index (χ1) is 11.5. The second-order valence-corrected chi connectivity index (χ2v) is 6.36. The maximum Gasteiger partial charge on any atom is 0.244 e. The predicted octanol–water partition coefficient (Wildman–Crippen LogP) is 4.79. The summed E-state index contributed by atoms with van der Waals surface area (Å²) < 4.78 is 13.3. The maximum atomic E-state index is 13.3. The maximum absolute atomic E-state index is 13.3. The monoisotopic (exact) mass is 325 g/mol. The third kappa shape index (κ3) is 5.34. The van der Waals surface area contributed by atoms with E-state index in [2.05, 4.69) is 19.2 Å². The first-order valence-corrected chi connectivity index (χ1v) is 8.27. The highest BCUT2D eigenvalue weighted by molar-refractivity contribution is 5.88. The van der Waals surface area contributed by atoms with E-state index in [1.807, 2.05) is 37.3 Å². The first-order valence-electron chi connectivity index (χ1n) is 8.27. The van der Waals surface area contributed by atoms with Crippen LogP contribution in [0.1, 0.15) is 26.3 Å². The highest BCUT2D eigenvalue weighted by Gasteiger charge is 2.07. The zero-order valence-electron chi connectivity index (χ0n) is 14.4. The van der Waals surface area contributed by atoms with Crippen LogP contribution in [0.15, 0.2) is 60.7 Å². The lowest BCUT2D eigenvalue weighted by Crippen LogP contribution is -2.34. The molecule has 0 spiro atoms. The molecule has 0 heterocycles. The average molecular weight is 325 g/mol. The summed E-state index contributed by atoms with van der Waals surface area (Å²) in [5, 5.41) is 4.85. The zero-order valence-corrected chi connectivity index (χ0v) is 14.4. The molecule has 0 aromatic heterocycles. The van der Waals surface area contributed by atoms with E-state index in [-0.39, 0.29) is 17.8 Å². The van der Waals surface area contributed by atoms with E-state index in [4.69, 9.17) is 0 Å². The van der Waals surface area contributed by atoms with Gasteiger partial charge in [0, 0.05) is 12.1 Å². The van der Waals surface area contributed by atoms with Crippen LogP contribution in [0.2, 0.25) is 0 Å². The van der Waals surface area contributed by atoms with Crippen molar-refractivity contribution in [2.24, 2.45) is 5.92 Å². The molecule has 0 aliphatic heterocycles. The lowest BCUT2D eigenvalue weighted by molar-refractivity contribution is -0.117. The van der Waals surface area contributed by atoms with E-state index in [9.17, 15) is 9.18 Å². The van der Waals surface area contributed by atoms with Crippen molar-refractivity contribution in [3.05, 3.63) is 72.1 Å². The van der Waals surface area contributed by atoms with Crippen molar-refractivity contribution >= 4 is 16.7 Å². The minimum Gasteiger partial charge on any atom is -0.350 e. The summed E-state index contributed by atoms with van der Waals surface area (Å²) in [4.78, 5) is 11.7. The van der Waals surface area contributed by atoms with Crippen molar-refractivity contribution in [1.82, 2.24) is 5.32 Å². The van der Waals surface area contributed by atoms with Crippen LogP contribution in [0.25, 0.3) is 10.8 Å². The van der Waals surface area contributed by atoms with Crippen LogP contribution in [0, 0.1) is 11.7 Å². The number of hydrogen-bond acceptors (Lipinski definition) is 1. The van der Waals surface area contributed by atoms with Gasteiger partial charge in [-0.05, 0) is 47.7 Å². The van der Waals surface area contributed by atoms with Gasteiger partial charge in [-0.3, -0.25) is 4.79 Å². The van der Waals surface area contributed by atoms with Crippen LogP contribution < -0.4 is 5.32 Å². The molecule has 3 heteroatoms. The Morgan fingerprint density at radius 1 is 1.08 bits per heavy atom. The van der Waals surface area contributed by atoms with Crippen molar-refractivity contribution in [3.63, 3.8) is 0 Å². The van der Waals surface area contributed by atoms with Crippen LogP contribution in [0.3, 0.4) is 0 Å². The Kier molecular flexibility index (Phi) is 6.30. The zero-order chi connectivity index (χ0) is 17.5. The molecule has 126 valence electrons. The number of nitrogens with one attached hydrogen (secondary N) is 1. The van der Waals surface area contributed by atoms with Gasteiger partial charge in [0.1, 0.15) is 5.82 Å². The largest absolute Gasteiger partial charge is 0.350 e. The molecule has 0 saturated carbocycles. The smallest absolute Gasteiger partial charge is 0.244 e. The Hall–Kier alpha value is -2.42. The van der Waals surface area contributed by atoms with Gasteiger partial charge in [-0.1, -0.05) is 56.3 Å². The molecule has 1 amide bonds. The Morgan fingerprint density at radius 3 is 2.58 bits per heavy atom. The predicted molar refractivity (Wildman–Crippen MR) is 98.3 cm³/mol. The SMILES string of the molecule is CC(C)C(C)NC(=O)/C=C/C=C/Cc1ccc2ccc(F)cc2c1. The van der Waals surface area contributed by atoms with Gasteiger partial charge in [0.2, 0.25) is 5.91 Å². The number of benzene rings is 2. The molecule has 1 unspecified atom stereocenters. The van der Waals surface area contributed by atoms with Gasteiger partial charge >= 0.3 is 0 Å². The van der Waals surface area contributed by atoms with E-state index < -0.39 is 0 Å². The highest BCUT2D eigenvalue weighted by Crippen LogP contribution is 2.17. The molecule has 2 aromatic rings. The molecule has 0 bridgehead atoms. The minimum atomic E-state index is -0.222. The number of halogens is 1. The summed E-state index contributed by atoms with van der Waals surface area (Å²) in [6.07, 6.45) is 7.85. The molecule has 2 nitrogen and oxygen atoms in total. The molecule has 0 aliphatic carbocycles. The molecular formula is C21H24FNO. The third-order valence-electron chi connectivity index (χ3n) is 4.08. The summed E-state index contributed by atoms with van der Waals surface area (Å²) >= 11 is 0. The quantitative estimate of drug-likeness (QED) is 0.600. The van der Waals surface area contributed by atoms with Crippen molar-refractivity contribution < 1.29 is 9.18 Å². The van der Waals surface area contributed by atoms with Crippen LogP contribution >= 0.6 is 0 Å². The molecule has 2 aromatic carbocycles. The van der Waals surface area contributed by atoms with E-state index in [1.165, 1.54) is 12.1 Å². The molecule has 0 saturated heterocycles. The topological polar surface area (TPSA) is 29.1 Å². The standard InChI is InChI=1S/C21H24FNO/c1-15(2)16(3)23-21(24)8-6-4-5-7-17-9-10-18-11-12-20(22)14-19(18)13-17/h4-6,8-16H,7H2,1-3H3,(H,23,24)/b5-4+,8-6+. The van der Waals surface area contributed by atoms with Gasteiger partial charge in [-0.15, -0.1) is 0 Å². The fraction of sp³-hybridized carbons (Fsp3) is 0.286. The van der Waals surface area contributed by atoms with Crippen molar-refractivity contribution in [2.75, 3.05) is 0 Å². The highest BCUT2D eigenvalue weighted by atomic mass is 19.1. The van der Waals surface area contributed by atoms with Crippen LogP contribution in [-0.4, -0.2) is 11.9 Å². The number of carbonyl (C=O) groups excluding carboxylic acids is 1. The molecule has 1 atom stereocenters. The molecule has 0 aliphatic rings. The summed E-state index contributed by atoms with van der Waals surface area (Å²) in [6, 6.07) is 11.0. The number of carbonyl (C=O) groups is 1. The van der Waals surface area contributed by atoms with Crippen molar-refractivity contribution in [1.29, 1.82) is 0 Å². The Morgan fingerprint density at radius 2 is 1.83 bits per heavy atom. The van der Waals surface area contributed by atoms with Gasteiger partial charge in [-0.25, -0.2) is 4.39 Å². The van der Waals surface area contributed by atoms with E-state index in [0.29, 0.717) is 5.92 Å². The summed E-state index contributed by atoms with van der Waals surface area (Å²) in [5.41, 5.74) is 1.11. The summed E-state index contributed by atoms with van der Waals surface area (Å²) in [7, 11) is 0. The first kappa shape index (κ1) is 17.9. The number of hydrogen-bond donors (Lipinski definition) is 1. The second-order valence-electron chi connectivity index (χ2n) is 6.36. The Labute approximate surface area is 143 Å². The van der Waals surface area contributed by atoms with Crippen molar-refractivity contribution in [3.8, 4) is 0 Å². The number of fused-ring (bicyclic) bond motifs is 1. The van der Waals surface area contributed by atoms with Crippen LogP contribution in [-0.2, 0) is 11.2 Å². The fourth-order valence-electron chi connectivity index (χ4n) is 2.26. The number of allylic oxidation sites excluding steroid dienone is 3. The van der Waals surface area contributed by atoms with Gasteiger partial charge < -0.3 is 5.32 Å². The number of amides is 1. The van der Waals surface area contributed by atoms with E-state index in [1.54, 1.807) is 18.2 Å². The normalized spacial score (nSPS) is 13.2. The lowest BCUT2D eigenvalue weighted by atomic mass is 10.0. The molecule has 0 fully saturated rings.